The summed E-state index contributed by atoms with van der Waals surface area (Å²) in [5, 5.41) is 9.79. The van der Waals surface area contributed by atoms with E-state index in [2.05, 4.69) is 15.5 Å². The van der Waals surface area contributed by atoms with Gasteiger partial charge in [0.2, 0.25) is 0 Å². The van der Waals surface area contributed by atoms with E-state index in [0.29, 0.717) is 13.1 Å². The smallest absolute Gasteiger partial charge is 0.321 e. The molecule has 0 spiro atoms. The first-order valence-corrected chi connectivity index (χ1v) is 8.42. The molecular weight excluding hydrogens is 318 g/mol. The number of nitrogens with two attached hydrogens (primary N) is 1. The predicted molar refractivity (Wildman–Crippen MR) is 95.6 cm³/mol. The van der Waals surface area contributed by atoms with Gasteiger partial charge in [0.25, 0.3) is 5.91 Å². The first-order valence-electron chi connectivity index (χ1n) is 8.42. The largest absolute Gasteiger partial charge is 0.364 e. The number of urea groups is 1. The highest BCUT2D eigenvalue weighted by Crippen LogP contribution is 2.26. The predicted octanol–water partition coefficient (Wildman–Crippen LogP) is 2.54. The lowest BCUT2D eigenvalue weighted by molar-refractivity contribution is 0.0995. The molecule has 1 atom stereocenters. The van der Waals surface area contributed by atoms with Crippen LogP contribution in [0.25, 0.3) is 0 Å². The van der Waals surface area contributed by atoms with Crippen LogP contribution in [-0.2, 0) is 0 Å². The third-order valence-corrected chi connectivity index (χ3v) is 4.62. The molecule has 0 radical (unpaired) electrons. The normalized spacial score (nSPS) is 17.4. The molecule has 2 aromatic rings. The summed E-state index contributed by atoms with van der Waals surface area (Å²) in [6, 6.07) is 7.53. The second-order valence-corrected chi connectivity index (χ2v) is 6.61. The van der Waals surface area contributed by atoms with Gasteiger partial charge in [0.15, 0.2) is 0 Å². The van der Waals surface area contributed by atoms with Gasteiger partial charge in [-0.3, -0.25) is 9.89 Å². The lowest BCUT2D eigenvalue weighted by Crippen LogP contribution is -2.41. The number of aromatic amines is 1. The highest BCUT2D eigenvalue weighted by Gasteiger charge is 2.26. The molecule has 25 heavy (non-hydrogen) atoms. The summed E-state index contributed by atoms with van der Waals surface area (Å²) >= 11 is 0. The Kier molecular flexibility index (Phi) is 4.74. The Hall–Kier alpha value is -2.83. The lowest BCUT2D eigenvalue weighted by Gasteiger charge is -2.32. The molecule has 0 bridgehead atoms. The van der Waals surface area contributed by atoms with Crippen LogP contribution in [0.4, 0.5) is 10.5 Å². The average molecular weight is 341 g/mol. The monoisotopic (exact) mass is 341 g/mol. The van der Waals surface area contributed by atoms with Crippen molar-refractivity contribution in [3.8, 4) is 0 Å². The van der Waals surface area contributed by atoms with Crippen molar-refractivity contribution in [3.63, 3.8) is 0 Å². The minimum Gasteiger partial charge on any atom is -0.364 e. The summed E-state index contributed by atoms with van der Waals surface area (Å²) in [7, 11) is 0. The topological polar surface area (TPSA) is 104 Å². The van der Waals surface area contributed by atoms with Gasteiger partial charge in [-0.25, -0.2) is 4.79 Å². The Morgan fingerprint density at radius 1 is 1.32 bits per heavy atom. The number of aryl methyl sites for hydroxylation is 2. The van der Waals surface area contributed by atoms with Crippen molar-refractivity contribution in [2.75, 3.05) is 18.4 Å². The standard InChI is InChI=1S/C18H23N5O2/c1-11-5-6-14(12(2)8-11)20-18(25)23-7-3-4-13(10-23)15-9-16(17(19)24)22-21-15/h5-6,8-9,13H,3-4,7,10H2,1-2H3,(H2,19,24)(H,20,25)(H,21,22). The van der Waals surface area contributed by atoms with E-state index in [4.69, 9.17) is 5.73 Å². The van der Waals surface area contributed by atoms with E-state index in [1.54, 1.807) is 11.0 Å². The van der Waals surface area contributed by atoms with Gasteiger partial charge < -0.3 is 16.0 Å². The van der Waals surface area contributed by atoms with Crippen molar-refractivity contribution in [2.24, 2.45) is 5.73 Å². The summed E-state index contributed by atoms with van der Waals surface area (Å²) in [5.74, 6) is -0.429. The quantitative estimate of drug-likeness (QED) is 0.799. The first kappa shape index (κ1) is 17.0. The minimum absolute atomic E-state index is 0.105. The van der Waals surface area contributed by atoms with Gasteiger partial charge in [0.05, 0.1) is 0 Å². The number of aromatic nitrogens is 2. The van der Waals surface area contributed by atoms with E-state index in [-0.39, 0.29) is 17.6 Å². The van der Waals surface area contributed by atoms with Crippen LogP contribution in [0.15, 0.2) is 24.3 Å². The number of nitrogens with one attached hydrogen (secondary N) is 2. The van der Waals surface area contributed by atoms with E-state index in [0.717, 1.165) is 35.3 Å². The number of nitrogens with zero attached hydrogens (tertiary/aromatic N) is 2. The Bertz CT molecular complexity index is 799. The molecule has 1 unspecified atom stereocenters. The van der Waals surface area contributed by atoms with Gasteiger partial charge in [-0.1, -0.05) is 17.7 Å². The summed E-state index contributed by atoms with van der Waals surface area (Å²) in [4.78, 5) is 25.6. The summed E-state index contributed by atoms with van der Waals surface area (Å²) in [6.45, 7) is 5.30. The number of rotatable bonds is 3. The maximum atomic E-state index is 12.6. The summed E-state index contributed by atoms with van der Waals surface area (Å²) in [6.07, 6.45) is 1.84. The molecule has 132 valence electrons. The van der Waals surface area contributed by atoms with Crippen LogP contribution in [0.1, 0.15) is 46.1 Å². The second-order valence-electron chi connectivity index (χ2n) is 6.61. The van der Waals surface area contributed by atoms with Crippen LogP contribution in [0.3, 0.4) is 0 Å². The molecule has 1 aliphatic heterocycles. The molecule has 7 heteroatoms. The molecule has 4 N–H and O–H groups in total. The number of H-pyrrole nitrogens is 1. The Morgan fingerprint density at radius 2 is 2.12 bits per heavy atom. The van der Waals surface area contributed by atoms with Crippen molar-refractivity contribution >= 4 is 17.6 Å². The van der Waals surface area contributed by atoms with Crippen LogP contribution in [-0.4, -0.2) is 40.1 Å². The zero-order chi connectivity index (χ0) is 18.0. The number of primary amides is 1. The molecule has 1 aliphatic rings. The third kappa shape index (κ3) is 3.81. The van der Waals surface area contributed by atoms with Crippen LogP contribution in [0, 0.1) is 13.8 Å². The van der Waals surface area contributed by atoms with E-state index >= 15 is 0 Å². The third-order valence-electron chi connectivity index (χ3n) is 4.62. The van der Waals surface area contributed by atoms with Crippen molar-refractivity contribution in [1.29, 1.82) is 0 Å². The number of hydrogen-bond donors (Lipinski definition) is 3. The zero-order valence-electron chi connectivity index (χ0n) is 14.5. The van der Waals surface area contributed by atoms with Crippen LogP contribution < -0.4 is 11.1 Å². The zero-order valence-corrected chi connectivity index (χ0v) is 14.5. The Morgan fingerprint density at radius 3 is 2.80 bits per heavy atom. The van der Waals surface area contributed by atoms with Crippen LogP contribution >= 0.6 is 0 Å². The molecular formula is C18H23N5O2. The van der Waals surface area contributed by atoms with Crippen molar-refractivity contribution in [3.05, 3.63) is 46.8 Å². The van der Waals surface area contributed by atoms with Crippen molar-refractivity contribution in [2.45, 2.75) is 32.6 Å². The fourth-order valence-corrected chi connectivity index (χ4v) is 3.24. The molecule has 0 saturated carbocycles. The number of benzene rings is 1. The van der Waals surface area contributed by atoms with Crippen LogP contribution in [0.2, 0.25) is 0 Å². The first-order chi connectivity index (χ1) is 11.9. The van der Waals surface area contributed by atoms with Gasteiger partial charge in [0.1, 0.15) is 5.69 Å². The molecule has 3 amide bonds. The molecule has 1 aromatic carbocycles. The van der Waals surface area contributed by atoms with Gasteiger partial charge in [0, 0.05) is 30.4 Å². The van der Waals surface area contributed by atoms with Crippen molar-refractivity contribution in [1.82, 2.24) is 15.1 Å². The molecule has 7 nitrogen and oxygen atoms in total. The molecule has 0 aliphatic carbocycles. The van der Waals surface area contributed by atoms with Gasteiger partial charge in [-0.15, -0.1) is 0 Å². The van der Waals surface area contributed by atoms with Gasteiger partial charge in [-0.05, 0) is 44.4 Å². The second kappa shape index (κ2) is 6.96. The summed E-state index contributed by atoms with van der Waals surface area (Å²) in [5.41, 5.74) is 9.36. The van der Waals surface area contributed by atoms with Crippen molar-refractivity contribution < 1.29 is 9.59 Å². The maximum absolute atomic E-state index is 12.6. The average Bonchev–Trinajstić information content (AvgIpc) is 3.08. The maximum Gasteiger partial charge on any atom is 0.321 e. The molecule has 1 aromatic heterocycles. The molecule has 3 rings (SSSR count). The number of piperidine rings is 1. The van der Waals surface area contributed by atoms with E-state index < -0.39 is 5.91 Å². The number of hydrogen-bond acceptors (Lipinski definition) is 3. The number of likely N-dealkylation sites (tertiary alicyclic amines) is 1. The Labute approximate surface area is 146 Å². The number of anilines is 1. The molecule has 2 heterocycles. The highest BCUT2D eigenvalue weighted by molar-refractivity contribution is 5.91. The molecule has 1 fully saturated rings. The minimum atomic E-state index is -0.553. The highest BCUT2D eigenvalue weighted by atomic mass is 16.2. The van der Waals surface area contributed by atoms with Crippen LogP contribution in [0.5, 0.6) is 0 Å². The number of carbonyl (C=O) groups excluding carboxylic acids is 2. The van der Waals surface area contributed by atoms with Gasteiger partial charge in [-0.2, -0.15) is 5.10 Å². The van der Waals surface area contributed by atoms with E-state index in [1.807, 2.05) is 32.0 Å². The fraction of sp³-hybridized carbons (Fsp3) is 0.389. The fourth-order valence-electron chi connectivity index (χ4n) is 3.24. The van der Waals surface area contributed by atoms with E-state index in [1.165, 1.54) is 0 Å². The lowest BCUT2D eigenvalue weighted by atomic mass is 9.95. The molecule has 1 saturated heterocycles. The SMILES string of the molecule is Cc1ccc(NC(=O)N2CCCC(c3cc(C(N)=O)n[nH]3)C2)c(C)c1. The number of carbonyl (C=O) groups is 2. The number of amides is 3. The Balaban J connectivity index is 1.67. The van der Waals surface area contributed by atoms with Gasteiger partial charge >= 0.3 is 6.03 Å². The van der Waals surface area contributed by atoms with E-state index in [9.17, 15) is 9.59 Å². The summed E-state index contributed by atoms with van der Waals surface area (Å²) < 4.78 is 0.